The molecule has 33 heavy (non-hydrogen) atoms. The number of hydrogen-bond acceptors (Lipinski definition) is 4. The second kappa shape index (κ2) is 10.5. The van der Waals surface area contributed by atoms with E-state index in [-0.39, 0.29) is 37.8 Å². The van der Waals surface area contributed by atoms with Crippen molar-refractivity contribution in [3.05, 3.63) is 59.7 Å². The molecule has 0 bridgehead atoms. The van der Waals surface area contributed by atoms with Gasteiger partial charge in [-0.05, 0) is 34.1 Å². The number of nitrogens with one attached hydrogen (secondary N) is 2. The summed E-state index contributed by atoms with van der Waals surface area (Å²) in [6.45, 7) is 6.06. The van der Waals surface area contributed by atoms with E-state index in [1.165, 1.54) is 11.1 Å². The SMILES string of the molecule is CCC(CC(=O)O)NC(=O)CC(C)(C)CNC(=O)OCC1c2ccccc2-c2ccccc21. The number of hydrogen-bond donors (Lipinski definition) is 3. The maximum Gasteiger partial charge on any atom is 0.407 e. The molecule has 2 aromatic rings. The molecule has 0 fully saturated rings. The van der Waals surface area contributed by atoms with E-state index in [9.17, 15) is 14.4 Å². The third-order valence-electron chi connectivity index (χ3n) is 5.97. The highest BCUT2D eigenvalue weighted by molar-refractivity contribution is 5.79. The van der Waals surface area contributed by atoms with Gasteiger partial charge in [-0.3, -0.25) is 9.59 Å². The molecule has 1 unspecified atom stereocenters. The number of fused-ring (bicyclic) bond motifs is 3. The fourth-order valence-electron chi connectivity index (χ4n) is 4.24. The van der Waals surface area contributed by atoms with Crippen LogP contribution in [0, 0.1) is 5.41 Å². The van der Waals surface area contributed by atoms with E-state index >= 15 is 0 Å². The molecular weight excluding hydrogens is 420 g/mol. The lowest BCUT2D eigenvalue weighted by Crippen LogP contribution is -2.41. The molecule has 0 saturated heterocycles. The molecule has 3 N–H and O–H groups in total. The van der Waals surface area contributed by atoms with E-state index < -0.39 is 23.5 Å². The van der Waals surface area contributed by atoms with E-state index in [1.807, 2.05) is 45.0 Å². The van der Waals surface area contributed by atoms with Gasteiger partial charge in [-0.15, -0.1) is 0 Å². The molecule has 176 valence electrons. The van der Waals surface area contributed by atoms with Gasteiger partial charge in [-0.2, -0.15) is 0 Å². The van der Waals surface area contributed by atoms with Crippen LogP contribution in [0.15, 0.2) is 48.5 Å². The summed E-state index contributed by atoms with van der Waals surface area (Å²) >= 11 is 0. The Labute approximate surface area is 194 Å². The summed E-state index contributed by atoms with van der Waals surface area (Å²) in [6.07, 6.45) is 0.0619. The van der Waals surface area contributed by atoms with Crippen molar-refractivity contribution < 1.29 is 24.2 Å². The maximum atomic E-state index is 12.4. The zero-order valence-corrected chi connectivity index (χ0v) is 19.4. The lowest BCUT2D eigenvalue weighted by Gasteiger charge is -2.25. The van der Waals surface area contributed by atoms with Crippen LogP contribution in [0.3, 0.4) is 0 Å². The van der Waals surface area contributed by atoms with Gasteiger partial charge in [0.25, 0.3) is 0 Å². The number of benzene rings is 2. The Morgan fingerprint density at radius 3 is 2.15 bits per heavy atom. The van der Waals surface area contributed by atoms with Crippen LogP contribution in [0.25, 0.3) is 11.1 Å². The molecule has 0 aromatic heterocycles. The van der Waals surface area contributed by atoms with Crippen LogP contribution in [0.2, 0.25) is 0 Å². The number of aliphatic carboxylic acids is 1. The molecule has 1 aliphatic carbocycles. The number of carbonyl (C=O) groups excluding carboxylic acids is 2. The highest BCUT2D eigenvalue weighted by Crippen LogP contribution is 2.44. The Morgan fingerprint density at radius 1 is 1.03 bits per heavy atom. The van der Waals surface area contributed by atoms with Gasteiger partial charge in [0.15, 0.2) is 0 Å². The van der Waals surface area contributed by atoms with E-state index in [4.69, 9.17) is 9.84 Å². The molecule has 0 heterocycles. The third-order valence-corrected chi connectivity index (χ3v) is 5.97. The van der Waals surface area contributed by atoms with Crippen molar-refractivity contribution in [2.75, 3.05) is 13.2 Å². The predicted molar refractivity (Wildman–Crippen MR) is 126 cm³/mol. The molecule has 1 aliphatic rings. The standard InChI is InChI=1S/C26H32N2O5/c1-4-17(13-24(30)31)28-23(29)14-26(2,3)16-27-25(32)33-15-22-20-11-7-5-9-18(20)19-10-6-8-12-21(19)22/h5-12,17,22H,4,13-16H2,1-3H3,(H,27,32)(H,28,29)(H,30,31). The van der Waals surface area contributed by atoms with Crippen LogP contribution >= 0.6 is 0 Å². The maximum absolute atomic E-state index is 12.4. The molecule has 7 heteroatoms. The van der Waals surface area contributed by atoms with Gasteiger partial charge >= 0.3 is 12.1 Å². The third kappa shape index (κ3) is 6.34. The molecule has 2 aromatic carbocycles. The van der Waals surface area contributed by atoms with E-state index in [0.717, 1.165) is 11.1 Å². The van der Waals surface area contributed by atoms with Crippen molar-refractivity contribution >= 4 is 18.0 Å². The zero-order valence-electron chi connectivity index (χ0n) is 19.4. The largest absolute Gasteiger partial charge is 0.481 e. The Balaban J connectivity index is 1.50. The van der Waals surface area contributed by atoms with Crippen LogP contribution in [0.1, 0.15) is 57.1 Å². The van der Waals surface area contributed by atoms with Gasteiger partial charge in [0, 0.05) is 24.9 Å². The van der Waals surface area contributed by atoms with Crippen LogP contribution in [-0.2, 0) is 14.3 Å². The van der Waals surface area contributed by atoms with E-state index in [2.05, 4.69) is 34.9 Å². The van der Waals surface area contributed by atoms with Crippen molar-refractivity contribution in [3.63, 3.8) is 0 Å². The number of carboxylic acids is 1. The molecule has 0 aliphatic heterocycles. The fraction of sp³-hybridized carbons (Fsp3) is 0.423. The quantitative estimate of drug-likeness (QED) is 0.498. The molecule has 0 radical (unpaired) electrons. The Bertz CT molecular complexity index is 972. The van der Waals surface area contributed by atoms with Crippen molar-refractivity contribution in [3.8, 4) is 11.1 Å². The first-order valence-electron chi connectivity index (χ1n) is 11.3. The summed E-state index contributed by atoms with van der Waals surface area (Å²) in [5.74, 6) is -1.19. The van der Waals surface area contributed by atoms with Crippen LogP contribution in [0.4, 0.5) is 4.79 Å². The smallest absolute Gasteiger partial charge is 0.407 e. The minimum absolute atomic E-state index is 0.0119. The lowest BCUT2D eigenvalue weighted by molar-refractivity contribution is -0.137. The molecule has 0 spiro atoms. The second-order valence-corrected chi connectivity index (χ2v) is 9.29. The summed E-state index contributed by atoms with van der Waals surface area (Å²) < 4.78 is 5.55. The van der Waals surface area contributed by atoms with E-state index in [0.29, 0.717) is 6.42 Å². The number of alkyl carbamates (subject to hydrolysis) is 1. The monoisotopic (exact) mass is 452 g/mol. The minimum Gasteiger partial charge on any atom is -0.481 e. The van der Waals surface area contributed by atoms with Crippen LogP contribution < -0.4 is 10.6 Å². The first-order valence-corrected chi connectivity index (χ1v) is 11.3. The number of amides is 2. The Morgan fingerprint density at radius 2 is 1.61 bits per heavy atom. The molecule has 0 saturated carbocycles. The van der Waals surface area contributed by atoms with Gasteiger partial charge in [0.1, 0.15) is 6.61 Å². The van der Waals surface area contributed by atoms with Gasteiger partial charge in [-0.25, -0.2) is 4.79 Å². The van der Waals surface area contributed by atoms with Crippen molar-refractivity contribution in [2.24, 2.45) is 5.41 Å². The van der Waals surface area contributed by atoms with Crippen molar-refractivity contribution in [1.29, 1.82) is 0 Å². The Hall–Kier alpha value is -3.35. The summed E-state index contributed by atoms with van der Waals surface area (Å²) in [5, 5.41) is 14.5. The number of carbonyl (C=O) groups is 3. The molecular formula is C26H32N2O5. The second-order valence-electron chi connectivity index (χ2n) is 9.29. The van der Waals surface area contributed by atoms with E-state index in [1.54, 1.807) is 0 Å². The van der Waals surface area contributed by atoms with Crippen LogP contribution in [0.5, 0.6) is 0 Å². The van der Waals surface area contributed by atoms with Crippen LogP contribution in [-0.4, -0.2) is 42.3 Å². The van der Waals surface area contributed by atoms with Gasteiger partial charge in [-0.1, -0.05) is 69.3 Å². The zero-order chi connectivity index (χ0) is 24.0. The van der Waals surface area contributed by atoms with Gasteiger partial charge in [0.05, 0.1) is 6.42 Å². The summed E-state index contributed by atoms with van der Waals surface area (Å²) in [4.78, 5) is 35.6. The topological polar surface area (TPSA) is 105 Å². The lowest BCUT2D eigenvalue weighted by atomic mass is 9.88. The molecule has 2 amide bonds. The average molecular weight is 453 g/mol. The minimum atomic E-state index is -0.946. The van der Waals surface area contributed by atoms with Crippen molar-refractivity contribution in [2.45, 2.75) is 52.0 Å². The first kappa shape index (κ1) is 24.3. The fourth-order valence-corrected chi connectivity index (χ4v) is 4.24. The normalized spacial score (nSPS) is 13.5. The molecule has 7 nitrogen and oxygen atoms in total. The highest BCUT2D eigenvalue weighted by Gasteiger charge is 2.29. The van der Waals surface area contributed by atoms with Crippen molar-refractivity contribution in [1.82, 2.24) is 10.6 Å². The highest BCUT2D eigenvalue weighted by atomic mass is 16.5. The summed E-state index contributed by atoms with van der Waals surface area (Å²) in [7, 11) is 0. The predicted octanol–water partition coefficient (Wildman–Crippen LogP) is 4.31. The number of ether oxygens (including phenoxy) is 1. The number of carboxylic acid groups (broad SMARTS) is 1. The molecule has 1 atom stereocenters. The summed E-state index contributed by atoms with van der Waals surface area (Å²) in [6, 6.07) is 15.9. The summed E-state index contributed by atoms with van der Waals surface area (Å²) in [5.41, 5.74) is 4.12. The Kier molecular flexibility index (Phi) is 7.74. The number of rotatable bonds is 10. The molecule has 3 rings (SSSR count). The van der Waals surface area contributed by atoms with Gasteiger partial charge < -0.3 is 20.5 Å². The average Bonchev–Trinajstić information content (AvgIpc) is 3.09. The first-order chi connectivity index (χ1) is 15.7. The van der Waals surface area contributed by atoms with Gasteiger partial charge in [0.2, 0.25) is 5.91 Å².